The molecule has 0 unspecified atom stereocenters. The van der Waals surface area contributed by atoms with Gasteiger partial charge in [-0.3, -0.25) is 9.51 Å². The van der Waals surface area contributed by atoms with Gasteiger partial charge in [0.2, 0.25) is 0 Å². The summed E-state index contributed by atoms with van der Waals surface area (Å²) in [5.74, 6) is -0.418. The molecule has 2 aromatic carbocycles. The summed E-state index contributed by atoms with van der Waals surface area (Å²) in [6.07, 6.45) is -0.964. The lowest BCUT2D eigenvalue weighted by Crippen LogP contribution is -2.34. The second-order valence-electron chi connectivity index (χ2n) is 6.27. The van der Waals surface area contributed by atoms with Gasteiger partial charge in [-0.15, -0.1) is 12.4 Å². The molecular weight excluding hydrogens is 424 g/mol. The molecule has 2 N–H and O–H groups in total. The Labute approximate surface area is 176 Å². The van der Waals surface area contributed by atoms with E-state index in [0.717, 1.165) is 0 Å². The minimum Gasteiger partial charge on any atom is -0.485 e. The molecule has 1 fully saturated rings. The number of nitrogens with one attached hydrogen (secondary N) is 2. The van der Waals surface area contributed by atoms with Crippen LogP contribution in [0, 0.1) is 5.82 Å². The van der Waals surface area contributed by atoms with Crippen molar-refractivity contribution in [1.29, 1.82) is 0 Å². The van der Waals surface area contributed by atoms with Gasteiger partial charge in [0, 0.05) is 13.1 Å². The molecule has 3 aromatic rings. The van der Waals surface area contributed by atoms with E-state index in [4.69, 9.17) is 21.1 Å². The minimum atomic E-state index is -0.654. The van der Waals surface area contributed by atoms with E-state index in [9.17, 15) is 9.18 Å². The first-order chi connectivity index (χ1) is 13.6. The van der Waals surface area contributed by atoms with Crippen molar-refractivity contribution in [2.75, 3.05) is 19.7 Å². The van der Waals surface area contributed by atoms with Gasteiger partial charge in [0.05, 0.1) is 17.2 Å². The van der Waals surface area contributed by atoms with E-state index < -0.39 is 23.8 Å². The van der Waals surface area contributed by atoms with Crippen molar-refractivity contribution in [2.45, 2.75) is 12.2 Å². The molecule has 154 valence electrons. The van der Waals surface area contributed by atoms with Crippen LogP contribution in [0.25, 0.3) is 11.4 Å². The number of aromatic nitrogens is 2. The van der Waals surface area contributed by atoms with E-state index >= 15 is 0 Å². The summed E-state index contributed by atoms with van der Waals surface area (Å²) in [5.41, 5.74) is 1.20. The minimum absolute atomic E-state index is 0. The maximum Gasteiger partial charge on any atom is 0.439 e. The fourth-order valence-electron chi connectivity index (χ4n) is 3.09. The molecule has 29 heavy (non-hydrogen) atoms. The van der Waals surface area contributed by atoms with Gasteiger partial charge in [-0.2, -0.15) is 0 Å². The van der Waals surface area contributed by atoms with Crippen LogP contribution < -0.4 is 15.8 Å². The largest absolute Gasteiger partial charge is 0.485 e. The van der Waals surface area contributed by atoms with Crippen LogP contribution >= 0.6 is 24.0 Å². The molecule has 1 aliphatic heterocycles. The molecule has 1 aliphatic rings. The highest BCUT2D eigenvalue weighted by molar-refractivity contribution is 6.30. The van der Waals surface area contributed by atoms with E-state index in [0.29, 0.717) is 36.6 Å². The summed E-state index contributed by atoms with van der Waals surface area (Å²) in [6.45, 7) is 1.58. The highest BCUT2D eigenvalue weighted by atomic mass is 35.5. The Kier molecular flexibility index (Phi) is 6.92. The van der Waals surface area contributed by atoms with E-state index in [1.165, 1.54) is 12.1 Å². The van der Waals surface area contributed by atoms with E-state index in [1.807, 2.05) is 0 Å². The van der Waals surface area contributed by atoms with Crippen molar-refractivity contribution >= 4 is 24.0 Å². The Morgan fingerprint density at radius 3 is 2.83 bits per heavy atom. The van der Waals surface area contributed by atoms with Gasteiger partial charge in [0.15, 0.2) is 5.82 Å². The SMILES string of the molecule is Cl.O=c1[nH]c(-c2ccccc2O[C@@H]2CNCCO[C@H]2c2ccc(Cl)c(F)c2)no1. The molecule has 0 aliphatic carbocycles. The van der Waals surface area contributed by atoms with Gasteiger partial charge in [0.1, 0.15) is 23.8 Å². The van der Waals surface area contributed by atoms with Crippen LogP contribution in [0.1, 0.15) is 11.7 Å². The highest BCUT2D eigenvalue weighted by Crippen LogP contribution is 2.32. The number of halogens is 3. The smallest absolute Gasteiger partial charge is 0.439 e. The van der Waals surface area contributed by atoms with Crippen LogP contribution in [0.5, 0.6) is 5.75 Å². The number of nitrogens with zero attached hydrogens (tertiary/aromatic N) is 1. The monoisotopic (exact) mass is 441 g/mol. The van der Waals surface area contributed by atoms with Crippen molar-refractivity contribution < 1.29 is 18.4 Å². The lowest BCUT2D eigenvalue weighted by atomic mass is 10.0. The molecule has 0 bridgehead atoms. The number of para-hydroxylation sites is 1. The van der Waals surface area contributed by atoms with Crippen LogP contribution in [0.3, 0.4) is 0 Å². The first kappa shape index (κ1) is 21.3. The van der Waals surface area contributed by atoms with Gasteiger partial charge < -0.3 is 14.8 Å². The number of ether oxygens (including phenoxy) is 2. The summed E-state index contributed by atoms with van der Waals surface area (Å²) in [5, 5.41) is 7.02. The number of hydrogen-bond acceptors (Lipinski definition) is 6. The second kappa shape index (κ2) is 9.41. The Morgan fingerprint density at radius 1 is 1.24 bits per heavy atom. The van der Waals surface area contributed by atoms with Crippen molar-refractivity contribution in [1.82, 2.24) is 15.5 Å². The lowest BCUT2D eigenvalue weighted by molar-refractivity contribution is -0.00834. The predicted octanol–water partition coefficient (Wildman–Crippen LogP) is 3.35. The molecule has 1 aromatic heterocycles. The molecule has 2 atom stereocenters. The standard InChI is InChI=1S/C19H17ClFN3O4.ClH/c20-13-6-5-11(9-14(13)21)17-16(10-22-7-8-26-17)27-15-4-2-1-3-12(15)18-23-19(25)28-24-18;/h1-6,9,16-17,22H,7-8,10H2,(H,23,24,25);1H/t16-,17+;/m1./s1. The molecule has 7 nitrogen and oxygen atoms in total. The molecule has 10 heteroatoms. The molecule has 1 saturated heterocycles. The third kappa shape index (κ3) is 4.79. The molecule has 0 radical (unpaired) electrons. The highest BCUT2D eigenvalue weighted by Gasteiger charge is 2.29. The van der Waals surface area contributed by atoms with Crippen molar-refractivity contribution in [3.8, 4) is 17.1 Å². The van der Waals surface area contributed by atoms with Gasteiger partial charge in [-0.25, -0.2) is 9.18 Å². The molecular formula is C19H18Cl2FN3O4. The fourth-order valence-corrected chi connectivity index (χ4v) is 3.21. The predicted molar refractivity (Wildman–Crippen MR) is 107 cm³/mol. The maximum atomic E-state index is 14.0. The van der Waals surface area contributed by atoms with Crippen molar-refractivity contribution in [3.05, 3.63) is 69.4 Å². The molecule has 4 rings (SSSR count). The Bertz CT molecular complexity index is 1030. The zero-order valence-electron chi connectivity index (χ0n) is 15.1. The van der Waals surface area contributed by atoms with Gasteiger partial charge in [0.25, 0.3) is 0 Å². The molecule has 0 saturated carbocycles. The normalized spacial score (nSPS) is 19.2. The quantitative estimate of drug-likeness (QED) is 0.645. The maximum absolute atomic E-state index is 14.0. The Morgan fingerprint density at radius 2 is 2.07 bits per heavy atom. The zero-order chi connectivity index (χ0) is 19.5. The van der Waals surface area contributed by atoms with E-state index in [1.54, 1.807) is 30.3 Å². The van der Waals surface area contributed by atoms with Gasteiger partial charge >= 0.3 is 5.76 Å². The van der Waals surface area contributed by atoms with Gasteiger partial charge in [-0.1, -0.05) is 35.0 Å². The summed E-state index contributed by atoms with van der Waals surface area (Å²) in [7, 11) is 0. The van der Waals surface area contributed by atoms with Crippen molar-refractivity contribution in [2.24, 2.45) is 0 Å². The van der Waals surface area contributed by atoms with Crippen LogP contribution in [-0.4, -0.2) is 35.9 Å². The third-order valence-corrected chi connectivity index (χ3v) is 4.70. The summed E-state index contributed by atoms with van der Waals surface area (Å²) < 4.78 is 30.7. The molecule has 0 amide bonds. The number of benzene rings is 2. The zero-order valence-corrected chi connectivity index (χ0v) is 16.6. The summed E-state index contributed by atoms with van der Waals surface area (Å²) in [4.78, 5) is 13.8. The first-order valence-corrected chi connectivity index (χ1v) is 9.09. The van der Waals surface area contributed by atoms with Crippen molar-refractivity contribution in [3.63, 3.8) is 0 Å². The lowest BCUT2D eigenvalue weighted by Gasteiger charge is -2.27. The van der Waals surface area contributed by atoms with Crippen LogP contribution in [0.2, 0.25) is 5.02 Å². The topological polar surface area (TPSA) is 89.4 Å². The van der Waals surface area contributed by atoms with Crippen LogP contribution in [-0.2, 0) is 4.74 Å². The fraction of sp³-hybridized carbons (Fsp3) is 0.263. The Hall–Kier alpha value is -2.39. The van der Waals surface area contributed by atoms with Gasteiger partial charge in [-0.05, 0) is 29.8 Å². The molecule has 0 spiro atoms. The third-order valence-electron chi connectivity index (χ3n) is 4.39. The number of rotatable bonds is 4. The summed E-state index contributed by atoms with van der Waals surface area (Å²) in [6, 6.07) is 11.7. The Balaban J connectivity index is 0.00000240. The molecule has 2 heterocycles. The van der Waals surface area contributed by atoms with Crippen LogP contribution in [0.4, 0.5) is 4.39 Å². The second-order valence-corrected chi connectivity index (χ2v) is 6.67. The average molecular weight is 442 g/mol. The summed E-state index contributed by atoms with van der Waals surface area (Å²) >= 11 is 5.80. The number of hydrogen-bond donors (Lipinski definition) is 2. The van der Waals surface area contributed by atoms with Crippen LogP contribution in [0.15, 0.2) is 51.8 Å². The first-order valence-electron chi connectivity index (χ1n) is 8.71. The number of H-pyrrole nitrogens is 1. The van der Waals surface area contributed by atoms with E-state index in [-0.39, 0.29) is 23.3 Å². The average Bonchev–Trinajstić information content (AvgIpc) is 2.99. The number of aromatic amines is 1. The van der Waals surface area contributed by atoms with E-state index in [2.05, 4.69) is 20.0 Å².